The Balaban J connectivity index is 1.73. The summed E-state index contributed by atoms with van der Waals surface area (Å²) >= 11 is 6.17. The number of benzene rings is 2. The van der Waals surface area contributed by atoms with E-state index < -0.39 is 5.54 Å². The molecule has 6 heteroatoms. The molecule has 1 saturated carbocycles. The number of fused-ring (bicyclic) bond motifs is 1. The van der Waals surface area contributed by atoms with Crippen LogP contribution in [-0.2, 0) is 5.54 Å². The molecule has 27 heavy (non-hydrogen) atoms. The SMILES string of the molecule is COc1ccc(C)c(C(=O)NC2(c3cc(Cl)nc4cc(F)ccc34)CC2)c1. The molecule has 0 saturated heterocycles. The monoisotopic (exact) mass is 384 g/mol. The van der Waals surface area contributed by atoms with Gasteiger partial charge in [-0.2, -0.15) is 0 Å². The molecule has 2 aromatic carbocycles. The fourth-order valence-electron chi connectivity index (χ4n) is 3.41. The second-order valence-electron chi connectivity index (χ2n) is 6.87. The van der Waals surface area contributed by atoms with Gasteiger partial charge in [0.05, 0.1) is 18.2 Å². The van der Waals surface area contributed by atoms with Gasteiger partial charge in [0, 0.05) is 17.0 Å². The Bertz CT molecular complexity index is 1060. The van der Waals surface area contributed by atoms with Crippen LogP contribution in [0.15, 0.2) is 42.5 Å². The van der Waals surface area contributed by atoms with Crippen LogP contribution in [0.1, 0.15) is 34.3 Å². The molecule has 0 radical (unpaired) electrons. The maximum atomic E-state index is 13.6. The zero-order valence-electron chi connectivity index (χ0n) is 15.0. The van der Waals surface area contributed by atoms with Crippen LogP contribution in [0.4, 0.5) is 4.39 Å². The molecule has 0 aliphatic heterocycles. The maximum absolute atomic E-state index is 13.6. The van der Waals surface area contributed by atoms with Crippen molar-refractivity contribution in [3.63, 3.8) is 0 Å². The quantitative estimate of drug-likeness (QED) is 0.659. The second kappa shape index (κ2) is 6.50. The van der Waals surface area contributed by atoms with Gasteiger partial charge >= 0.3 is 0 Å². The number of aromatic nitrogens is 1. The van der Waals surface area contributed by atoms with Gasteiger partial charge in [0.2, 0.25) is 0 Å². The minimum absolute atomic E-state index is 0.174. The van der Waals surface area contributed by atoms with Gasteiger partial charge in [0.1, 0.15) is 16.7 Å². The van der Waals surface area contributed by atoms with Crippen LogP contribution in [0, 0.1) is 12.7 Å². The van der Waals surface area contributed by atoms with E-state index in [2.05, 4.69) is 10.3 Å². The highest BCUT2D eigenvalue weighted by molar-refractivity contribution is 6.30. The van der Waals surface area contributed by atoms with E-state index in [1.165, 1.54) is 12.1 Å². The lowest BCUT2D eigenvalue weighted by Gasteiger charge is -2.21. The molecular formula is C21H18ClFN2O2. The topological polar surface area (TPSA) is 51.2 Å². The first kappa shape index (κ1) is 17.7. The summed E-state index contributed by atoms with van der Waals surface area (Å²) in [7, 11) is 1.57. The first-order valence-corrected chi connectivity index (χ1v) is 9.03. The number of carbonyl (C=O) groups is 1. The van der Waals surface area contributed by atoms with Crippen LogP contribution < -0.4 is 10.1 Å². The van der Waals surface area contributed by atoms with Crippen molar-refractivity contribution in [2.24, 2.45) is 0 Å². The van der Waals surface area contributed by atoms with Crippen molar-refractivity contribution in [1.82, 2.24) is 10.3 Å². The van der Waals surface area contributed by atoms with Crippen molar-refractivity contribution < 1.29 is 13.9 Å². The molecule has 1 aliphatic carbocycles. The van der Waals surface area contributed by atoms with Gasteiger partial charge < -0.3 is 10.1 Å². The molecule has 0 spiro atoms. The van der Waals surface area contributed by atoms with E-state index in [1.807, 2.05) is 19.1 Å². The van der Waals surface area contributed by atoms with Crippen molar-refractivity contribution >= 4 is 28.4 Å². The summed E-state index contributed by atoms with van der Waals surface area (Å²) in [4.78, 5) is 17.2. The second-order valence-corrected chi connectivity index (χ2v) is 7.26. The fraction of sp³-hybridized carbons (Fsp3) is 0.238. The van der Waals surface area contributed by atoms with Crippen LogP contribution in [0.3, 0.4) is 0 Å². The molecule has 1 aliphatic rings. The van der Waals surface area contributed by atoms with Gasteiger partial charge in [0.25, 0.3) is 5.91 Å². The number of ether oxygens (including phenoxy) is 1. The summed E-state index contributed by atoms with van der Waals surface area (Å²) in [5, 5.41) is 4.22. The summed E-state index contributed by atoms with van der Waals surface area (Å²) in [6, 6.07) is 11.6. The van der Waals surface area contributed by atoms with Crippen LogP contribution >= 0.6 is 11.6 Å². The van der Waals surface area contributed by atoms with Gasteiger partial charge in [-0.05, 0) is 61.2 Å². The van der Waals surface area contributed by atoms with Crippen LogP contribution in [0.2, 0.25) is 5.15 Å². The van der Waals surface area contributed by atoms with Crippen LogP contribution in [0.25, 0.3) is 10.9 Å². The van der Waals surface area contributed by atoms with Gasteiger partial charge in [-0.1, -0.05) is 17.7 Å². The maximum Gasteiger partial charge on any atom is 0.252 e. The van der Waals surface area contributed by atoms with Gasteiger partial charge in [-0.3, -0.25) is 4.79 Å². The van der Waals surface area contributed by atoms with Crippen LogP contribution in [-0.4, -0.2) is 18.0 Å². The molecular weight excluding hydrogens is 367 g/mol. The smallest absolute Gasteiger partial charge is 0.252 e. The number of methoxy groups -OCH3 is 1. The highest BCUT2D eigenvalue weighted by atomic mass is 35.5. The number of carbonyl (C=O) groups excluding carboxylic acids is 1. The number of hydrogen-bond acceptors (Lipinski definition) is 3. The normalized spacial score (nSPS) is 14.8. The first-order valence-electron chi connectivity index (χ1n) is 8.65. The Hall–Kier alpha value is -2.66. The molecule has 1 N–H and O–H groups in total. The number of pyridine rings is 1. The molecule has 138 valence electrons. The zero-order chi connectivity index (χ0) is 19.2. The third kappa shape index (κ3) is 3.23. The lowest BCUT2D eigenvalue weighted by molar-refractivity contribution is 0.0930. The molecule has 1 aromatic heterocycles. The number of aryl methyl sites for hydroxylation is 1. The van der Waals surface area contributed by atoms with E-state index in [0.717, 1.165) is 29.4 Å². The molecule has 0 bridgehead atoms. The van der Waals surface area contributed by atoms with E-state index in [0.29, 0.717) is 16.8 Å². The number of nitrogens with zero attached hydrogens (tertiary/aromatic N) is 1. The highest BCUT2D eigenvalue weighted by Crippen LogP contribution is 2.48. The standard InChI is InChI=1S/C21H18ClFN2O2/c1-12-3-5-14(27-2)10-16(12)20(26)25-21(7-8-21)17-11-19(22)24-18-9-13(23)4-6-15(17)18/h3-6,9-11H,7-8H2,1-2H3,(H,25,26). The summed E-state index contributed by atoms with van der Waals surface area (Å²) in [5.41, 5.74) is 2.26. The molecule has 1 fully saturated rings. The van der Waals surface area contributed by atoms with Crippen molar-refractivity contribution in [2.75, 3.05) is 7.11 Å². The molecule has 0 atom stereocenters. The predicted octanol–water partition coefficient (Wildman–Crippen LogP) is 4.76. The Morgan fingerprint density at radius 2 is 2.00 bits per heavy atom. The first-order chi connectivity index (χ1) is 12.9. The fourth-order valence-corrected chi connectivity index (χ4v) is 3.61. The highest BCUT2D eigenvalue weighted by Gasteiger charge is 2.47. The zero-order valence-corrected chi connectivity index (χ0v) is 15.7. The van der Waals surface area contributed by atoms with E-state index in [9.17, 15) is 9.18 Å². The summed E-state index contributed by atoms with van der Waals surface area (Å²) in [6.07, 6.45) is 1.57. The Labute approximate surface area is 161 Å². The average Bonchev–Trinajstić information content (AvgIpc) is 3.41. The van der Waals surface area contributed by atoms with Crippen molar-refractivity contribution in [2.45, 2.75) is 25.3 Å². The molecule has 3 aromatic rings. The molecule has 4 rings (SSSR count). The molecule has 1 heterocycles. The number of hydrogen-bond donors (Lipinski definition) is 1. The molecule has 4 nitrogen and oxygen atoms in total. The van der Waals surface area contributed by atoms with Gasteiger partial charge in [-0.25, -0.2) is 9.37 Å². The van der Waals surface area contributed by atoms with E-state index in [1.54, 1.807) is 25.3 Å². The summed E-state index contributed by atoms with van der Waals surface area (Å²) < 4.78 is 18.8. The Kier molecular flexibility index (Phi) is 4.27. The van der Waals surface area contributed by atoms with Crippen LogP contribution in [0.5, 0.6) is 5.75 Å². The predicted molar refractivity (Wildman–Crippen MR) is 103 cm³/mol. The summed E-state index contributed by atoms with van der Waals surface area (Å²) in [6.45, 7) is 1.88. The minimum Gasteiger partial charge on any atom is -0.497 e. The van der Waals surface area contributed by atoms with Gasteiger partial charge in [0.15, 0.2) is 0 Å². The average molecular weight is 385 g/mol. The van der Waals surface area contributed by atoms with Crippen molar-refractivity contribution in [3.8, 4) is 5.75 Å². The third-order valence-electron chi connectivity index (χ3n) is 5.05. The van der Waals surface area contributed by atoms with Crippen molar-refractivity contribution in [1.29, 1.82) is 0 Å². The number of rotatable bonds is 4. The third-order valence-corrected chi connectivity index (χ3v) is 5.24. The number of nitrogens with one attached hydrogen (secondary N) is 1. The van der Waals surface area contributed by atoms with E-state index in [4.69, 9.17) is 16.3 Å². The van der Waals surface area contributed by atoms with E-state index >= 15 is 0 Å². The molecule has 1 amide bonds. The number of amides is 1. The largest absolute Gasteiger partial charge is 0.497 e. The number of halogens is 2. The Morgan fingerprint density at radius 1 is 1.22 bits per heavy atom. The summed E-state index contributed by atoms with van der Waals surface area (Å²) in [5.74, 6) is 0.0830. The molecule has 0 unspecified atom stereocenters. The van der Waals surface area contributed by atoms with Gasteiger partial charge in [-0.15, -0.1) is 0 Å². The van der Waals surface area contributed by atoms with Crippen molar-refractivity contribution in [3.05, 3.63) is 70.1 Å². The Morgan fingerprint density at radius 3 is 2.70 bits per heavy atom. The van der Waals surface area contributed by atoms with E-state index in [-0.39, 0.29) is 16.9 Å². The lowest BCUT2D eigenvalue weighted by Crippen LogP contribution is -2.35. The lowest BCUT2D eigenvalue weighted by atomic mass is 9.99. The minimum atomic E-state index is -0.519.